The molecule has 0 saturated carbocycles. The Morgan fingerprint density at radius 2 is 1.93 bits per heavy atom. The lowest BCUT2D eigenvalue weighted by Crippen LogP contribution is -2.47. The van der Waals surface area contributed by atoms with Gasteiger partial charge in [0.2, 0.25) is 5.91 Å². The number of ether oxygens (including phenoxy) is 1. The third-order valence-electron chi connectivity index (χ3n) is 4.41. The summed E-state index contributed by atoms with van der Waals surface area (Å²) in [4.78, 5) is 32.6. The summed E-state index contributed by atoms with van der Waals surface area (Å²) < 4.78 is 19.9. The zero-order valence-electron chi connectivity index (χ0n) is 16.3. The number of carbonyl (C=O) groups is 2. The Morgan fingerprint density at radius 1 is 1.21 bits per heavy atom. The summed E-state index contributed by atoms with van der Waals surface area (Å²) >= 11 is 0. The number of carbonyl (C=O) groups excluding carboxylic acids is 2. The topological polar surface area (TPSA) is 111 Å². The summed E-state index contributed by atoms with van der Waals surface area (Å²) in [7, 11) is 0. The Bertz CT molecular complexity index is 1030. The fourth-order valence-electron chi connectivity index (χ4n) is 2.82. The fourth-order valence-corrected chi connectivity index (χ4v) is 2.82. The second-order valence-corrected chi connectivity index (χ2v) is 6.48. The standard InChI is InChI=1S/C19H21FN6O3/c1-11-16(12(2)26-19(23-11)21-10-22-26)8-9-17(27)24-25-18(28)13(3)29-15-6-4-14(20)5-7-15/h4-7,10,13H,8-9H2,1-3H3,(H,24,27)(H,25,28)/t13-/m0/s1. The molecule has 1 aromatic carbocycles. The number of hydrogen-bond acceptors (Lipinski definition) is 6. The van der Waals surface area contributed by atoms with Crippen molar-refractivity contribution in [3.63, 3.8) is 0 Å². The van der Waals surface area contributed by atoms with Gasteiger partial charge in [-0.2, -0.15) is 10.1 Å². The van der Waals surface area contributed by atoms with Crippen molar-refractivity contribution in [2.45, 2.75) is 39.7 Å². The first-order chi connectivity index (χ1) is 13.8. The smallest absolute Gasteiger partial charge is 0.279 e. The van der Waals surface area contributed by atoms with Crippen LogP contribution in [0.15, 0.2) is 30.6 Å². The largest absolute Gasteiger partial charge is 0.481 e. The minimum absolute atomic E-state index is 0.150. The maximum atomic E-state index is 12.9. The van der Waals surface area contributed by atoms with Gasteiger partial charge in [-0.25, -0.2) is 13.9 Å². The van der Waals surface area contributed by atoms with E-state index >= 15 is 0 Å². The van der Waals surface area contributed by atoms with Crippen LogP contribution < -0.4 is 15.6 Å². The van der Waals surface area contributed by atoms with Crippen LogP contribution in [0.5, 0.6) is 5.75 Å². The van der Waals surface area contributed by atoms with Crippen molar-refractivity contribution in [3.8, 4) is 5.75 Å². The van der Waals surface area contributed by atoms with Gasteiger partial charge >= 0.3 is 0 Å². The van der Waals surface area contributed by atoms with Crippen LogP contribution in [-0.4, -0.2) is 37.5 Å². The van der Waals surface area contributed by atoms with E-state index in [9.17, 15) is 14.0 Å². The fraction of sp³-hybridized carbons (Fsp3) is 0.316. The molecule has 0 aliphatic rings. The molecule has 0 unspecified atom stereocenters. The van der Waals surface area contributed by atoms with Crippen molar-refractivity contribution < 1.29 is 18.7 Å². The Labute approximate surface area is 166 Å². The summed E-state index contributed by atoms with van der Waals surface area (Å²) in [6, 6.07) is 5.30. The zero-order valence-corrected chi connectivity index (χ0v) is 16.3. The molecule has 2 heterocycles. The number of nitrogens with zero attached hydrogens (tertiary/aromatic N) is 4. The predicted octanol–water partition coefficient (Wildman–Crippen LogP) is 1.43. The molecule has 3 rings (SSSR count). The van der Waals surface area contributed by atoms with Gasteiger partial charge in [-0.1, -0.05) is 0 Å². The Hall–Kier alpha value is -3.56. The number of halogens is 1. The van der Waals surface area contributed by atoms with Crippen LogP contribution in [0, 0.1) is 19.7 Å². The van der Waals surface area contributed by atoms with Crippen LogP contribution in [0.3, 0.4) is 0 Å². The average Bonchev–Trinajstić information content (AvgIpc) is 3.16. The lowest BCUT2D eigenvalue weighted by atomic mass is 10.1. The SMILES string of the molecule is Cc1nc2ncnn2c(C)c1CCC(=O)NNC(=O)[C@H](C)Oc1ccc(F)cc1. The maximum absolute atomic E-state index is 12.9. The van der Waals surface area contributed by atoms with Gasteiger partial charge in [0.1, 0.15) is 17.9 Å². The highest BCUT2D eigenvalue weighted by Gasteiger charge is 2.16. The maximum Gasteiger partial charge on any atom is 0.279 e. The third kappa shape index (κ3) is 4.84. The number of hydrogen-bond donors (Lipinski definition) is 2. The second-order valence-electron chi connectivity index (χ2n) is 6.48. The molecule has 29 heavy (non-hydrogen) atoms. The first-order valence-electron chi connectivity index (χ1n) is 9.02. The summed E-state index contributed by atoms with van der Waals surface area (Å²) in [6.07, 6.45) is 1.14. The van der Waals surface area contributed by atoms with Gasteiger partial charge < -0.3 is 4.74 Å². The van der Waals surface area contributed by atoms with Gasteiger partial charge in [-0.15, -0.1) is 0 Å². The van der Waals surface area contributed by atoms with Crippen molar-refractivity contribution >= 4 is 17.6 Å². The van der Waals surface area contributed by atoms with Crippen LogP contribution in [0.2, 0.25) is 0 Å². The van der Waals surface area contributed by atoms with Gasteiger partial charge in [-0.05, 0) is 57.0 Å². The van der Waals surface area contributed by atoms with Crippen molar-refractivity contribution in [3.05, 3.63) is 53.4 Å². The number of nitrogens with one attached hydrogen (secondary N) is 2. The summed E-state index contributed by atoms with van der Waals surface area (Å²) in [5.41, 5.74) is 7.23. The number of aryl methyl sites for hydroxylation is 2. The zero-order chi connectivity index (χ0) is 21.0. The van der Waals surface area contributed by atoms with Crippen LogP contribution >= 0.6 is 0 Å². The van der Waals surface area contributed by atoms with Crippen LogP contribution in [0.25, 0.3) is 5.78 Å². The molecular formula is C19H21FN6O3. The first kappa shape index (κ1) is 20.2. The van der Waals surface area contributed by atoms with E-state index in [0.717, 1.165) is 17.0 Å². The molecule has 0 bridgehead atoms. The summed E-state index contributed by atoms with van der Waals surface area (Å²) in [5, 5.41) is 4.12. The van der Waals surface area contributed by atoms with Crippen LogP contribution in [0.1, 0.15) is 30.3 Å². The van der Waals surface area contributed by atoms with E-state index < -0.39 is 17.8 Å². The Balaban J connectivity index is 1.49. The minimum Gasteiger partial charge on any atom is -0.481 e. The molecule has 0 radical (unpaired) electrons. The summed E-state index contributed by atoms with van der Waals surface area (Å²) in [6.45, 7) is 5.27. The van der Waals surface area contributed by atoms with Gasteiger partial charge in [0.05, 0.1) is 0 Å². The molecule has 0 spiro atoms. The molecule has 10 heteroatoms. The molecule has 2 N–H and O–H groups in total. The van der Waals surface area contributed by atoms with Crippen molar-refractivity contribution in [2.75, 3.05) is 0 Å². The molecule has 0 fully saturated rings. The lowest BCUT2D eigenvalue weighted by molar-refractivity contribution is -0.132. The minimum atomic E-state index is -0.871. The molecule has 0 aliphatic heterocycles. The third-order valence-corrected chi connectivity index (χ3v) is 4.41. The highest BCUT2D eigenvalue weighted by Crippen LogP contribution is 2.15. The number of fused-ring (bicyclic) bond motifs is 1. The molecular weight excluding hydrogens is 379 g/mol. The number of rotatable bonds is 6. The van der Waals surface area contributed by atoms with Gasteiger partial charge in [0, 0.05) is 17.8 Å². The van der Waals surface area contributed by atoms with E-state index in [1.807, 2.05) is 13.8 Å². The number of hydrazine groups is 1. The molecule has 0 aliphatic carbocycles. The summed E-state index contributed by atoms with van der Waals surface area (Å²) in [5.74, 6) is -0.422. The van der Waals surface area contributed by atoms with E-state index in [1.54, 1.807) is 4.52 Å². The van der Waals surface area contributed by atoms with E-state index in [0.29, 0.717) is 17.9 Å². The molecule has 2 amide bonds. The number of amides is 2. The van der Waals surface area contributed by atoms with E-state index in [4.69, 9.17) is 4.74 Å². The molecule has 9 nitrogen and oxygen atoms in total. The Morgan fingerprint density at radius 3 is 2.66 bits per heavy atom. The van der Waals surface area contributed by atoms with Crippen molar-refractivity contribution in [1.29, 1.82) is 0 Å². The first-order valence-corrected chi connectivity index (χ1v) is 9.02. The number of aromatic nitrogens is 4. The highest BCUT2D eigenvalue weighted by atomic mass is 19.1. The Kier molecular flexibility index (Phi) is 6.01. The van der Waals surface area contributed by atoms with Gasteiger partial charge in [0.15, 0.2) is 6.10 Å². The number of benzene rings is 1. The van der Waals surface area contributed by atoms with Gasteiger partial charge in [0.25, 0.3) is 11.7 Å². The second kappa shape index (κ2) is 8.63. The van der Waals surface area contributed by atoms with E-state index in [-0.39, 0.29) is 12.3 Å². The van der Waals surface area contributed by atoms with Gasteiger partial charge in [-0.3, -0.25) is 20.4 Å². The quantitative estimate of drug-likeness (QED) is 0.606. The average molecular weight is 400 g/mol. The normalized spacial score (nSPS) is 11.9. The molecule has 1 atom stereocenters. The molecule has 0 saturated heterocycles. The predicted molar refractivity (Wildman–Crippen MR) is 101 cm³/mol. The van der Waals surface area contributed by atoms with Crippen molar-refractivity contribution in [1.82, 2.24) is 30.4 Å². The highest BCUT2D eigenvalue weighted by molar-refractivity contribution is 5.84. The lowest BCUT2D eigenvalue weighted by Gasteiger charge is -2.15. The molecule has 2 aromatic heterocycles. The molecule has 152 valence electrons. The van der Waals surface area contributed by atoms with Crippen molar-refractivity contribution in [2.24, 2.45) is 0 Å². The molecule has 3 aromatic rings. The monoisotopic (exact) mass is 400 g/mol. The van der Waals surface area contributed by atoms with Crippen LogP contribution in [-0.2, 0) is 16.0 Å². The van der Waals surface area contributed by atoms with E-state index in [1.165, 1.54) is 37.5 Å². The van der Waals surface area contributed by atoms with Crippen LogP contribution in [0.4, 0.5) is 4.39 Å². The van der Waals surface area contributed by atoms with E-state index in [2.05, 4.69) is 25.9 Å².